The number of rotatable bonds is 10. The van der Waals surface area contributed by atoms with Crippen LogP contribution < -0.4 is 10.1 Å². The van der Waals surface area contributed by atoms with Gasteiger partial charge in [0.15, 0.2) is 0 Å². The van der Waals surface area contributed by atoms with Gasteiger partial charge >= 0.3 is 0 Å². The van der Waals surface area contributed by atoms with E-state index in [1.807, 2.05) is 0 Å². The summed E-state index contributed by atoms with van der Waals surface area (Å²) >= 11 is 6.21. The molecule has 0 saturated carbocycles. The first kappa shape index (κ1) is 17.6. The number of nitrogens with one attached hydrogen (secondary N) is 1. The smallest absolute Gasteiger partial charge is 0.138 e. The molecule has 0 aliphatic carbocycles. The van der Waals surface area contributed by atoms with Crippen LogP contribution in [0.2, 0.25) is 5.15 Å². The van der Waals surface area contributed by atoms with Gasteiger partial charge in [0.25, 0.3) is 0 Å². The van der Waals surface area contributed by atoms with Crippen LogP contribution in [0.1, 0.15) is 63.9 Å². The molecule has 3 nitrogen and oxygen atoms in total. The van der Waals surface area contributed by atoms with Crippen molar-refractivity contribution in [2.75, 3.05) is 13.2 Å². The van der Waals surface area contributed by atoms with E-state index in [2.05, 4.69) is 23.3 Å². The molecular formula is C18H29ClN2O. The summed E-state index contributed by atoms with van der Waals surface area (Å²) in [5.41, 5.74) is 1.12. The second-order valence-electron chi connectivity index (χ2n) is 6.24. The van der Waals surface area contributed by atoms with E-state index in [0.717, 1.165) is 30.9 Å². The lowest BCUT2D eigenvalue weighted by Crippen LogP contribution is -2.28. The highest BCUT2D eigenvalue weighted by Crippen LogP contribution is 2.22. The zero-order chi connectivity index (χ0) is 15.6. The summed E-state index contributed by atoms with van der Waals surface area (Å²) < 4.78 is 5.86. The van der Waals surface area contributed by atoms with Crippen LogP contribution in [0.25, 0.3) is 0 Å². The minimum Gasteiger partial charge on any atom is -0.490 e. The van der Waals surface area contributed by atoms with E-state index in [1.54, 1.807) is 6.20 Å². The Morgan fingerprint density at radius 2 is 2.09 bits per heavy atom. The summed E-state index contributed by atoms with van der Waals surface area (Å²) in [5, 5.41) is 4.06. The highest BCUT2D eigenvalue weighted by atomic mass is 35.5. The zero-order valence-corrected chi connectivity index (χ0v) is 14.5. The molecule has 2 heterocycles. The molecule has 1 aliphatic heterocycles. The van der Waals surface area contributed by atoms with Crippen LogP contribution in [-0.4, -0.2) is 24.2 Å². The van der Waals surface area contributed by atoms with Crippen molar-refractivity contribution >= 4 is 11.6 Å². The lowest BCUT2D eigenvalue weighted by Gasteiger charge is -2.13. The summed E-state index contributed by atoms with van der Waals surface area (Å²) in [6, 6.07) is 2.55. The maximum absolute atomic E-state index is 6.21. The summed E-state index contributed by atoms with van der Waals surface area (Å²) in [6.45, 7) is 4.08. The van der Waals surface area contributed by atoms with Gasteiger partial charge in [-0.05, 0) is 43.9 Å². The van der Waals surface area contributed by atoms with Crippen molar-refractivity contribution in [3.63, 3.8) is 0 Å². The van der Waals surface area contributed by atoms with Crippen LogP contribution in [0.3, 0.4) is 0 Å². The predicted octanol–water partition coefficient (Wildman–Crippen LogP) is 4.77. The Kier molecular flexibility index (Phi) is 8.03. The number of aryl methyl sites for hydroxylation is 1. The quantitative estimate of drug-likeness (QED) is 0.497. The third-order valence-electron chi connectivity index (χ3n) is 4.30. The van der Waals surface area contributed by atoms with E-state index in [4.69, 9.17) is 16.3 Å². The molecule has 1 aromatic heterocycles. The highest BCUT2D eigenvalue weighted by Gasteiger charge is 2.14. The molecule has 1 aliphatic rings. The van der Waals surface area contributed by atoms with Gasteiger partial charge in [0, 0.05) is 6.04 Å². The Bertz CT molecular complexity index is 433. The first-order valence-corrected chi connectivity index (χ1v) is 9.18. The maximum atomic E-state index is 6.21. The number of nitrogens with zero attached hydrogens (tertiary/aromatic N) is 1. The number of pyridine rings is 1. The summed E-state index contributed by atoms with van der Waals surface area (Å²) in [6.07, 6.45) is 12.9. The molecule has 124 valence electrons. The van der Waals surface area contributed by atoms with Crippen LogP contribution in [0, 0.1) is 0 Å². The third-order valence-corrected chi connectivity index (χ3v) is 4.64. The molecule has 0 spiro atoms. The molecule has 22 heavy (non-hydrogen) atoms. The van der Waals surface area contributed by atoms with Crippen LogP contribution in [0.15, 0.2) is 12.3 Å². The van der Waals surface area contributed by atoms with Crippen molar-refractivity contribution in [2.45, 2.75) is 70.8 Å². The van der Waals surface area contributed by atoms with Crippen molar-refractivity contribution in [3.8, 4) is 5.75 Å². The minimum absolute atomic E-state index is 0.484. The molecule has 0 bridgehead atoms. The number of ether oxygens (including phenoxy) is 1. The Hall–Kier alpha value is -0.800. The number of halogens is 1. The fourth-order valence-electron chi connectivity index (χ4n) is 2.92. The topological polar surface area (TPSA) is 34.1 Å². The predicted molar refractivity (Wildman–Crippen MR) is 92.8 cm³/mol. The van der Waals surface area contributed by atoms with Gasteiger partial charge in [-0.1, -0.05) is 50.6 Å². The molecule has 0 aromatic carbocycles. The van der Waals surface area contributed by atoms with Crippen LogP contribution >= 0.6 is 11.6 Å². The zero-order valence-electron chi connectivity index (χ0n) is 13.7. The van der Waals surface area contributed by atoms with E-state index < -0.39 is 0 Å². The van der Waals surface area contributed by atoms with E-state index in [0.29, 0.717) is 11.2 Å². The van der Waals surface area contributed by atoms with Gasteiger partial charge in [-0.2, -0.15) is 0 Å². The Morgan fingerprint density at radius 3 is 2.86 bits per heavy atom. The third kappa shape index (κ3) is 6.13. The van der Waals surface area contributed by atoms with Crippen LogP contribution in [0.4, 0.5) is 0 Å². The Labute approximate surface area is 139 Å². The van der Waals surface area contributed by atoms with Crippen molar-refractivity contribution in [2.24, 2.45) is 0 Å². The fourth-order valence-corrected chi connectivity index (χ4v) is 3.12. The second-order valence-corrected chi connectivity index (χ2v) is 6.60. The second kappa shape index (κ2) is 10.1. The summed E-state index contributed by atoms with van der Waals surface area (Å²) in [5.74, 6) is 0.846. The molecule has 0 radical (unpaired) electrons. The van der Waals surface area contributed by atoms with Gasteiger partial charge in [-0.3, -0.25) is 0 Å². The van der Waals surface area contributed by atoms with E-state index in [9.17, 15) is 0 Å². The fraction of sp³-hybridized carbons (Fsp3) is 0.722. The average Bonchev–Trinajstić information content (AvgIpc) is 3.04. The van der Waals surface area contributed by atoms with E-state index >= 15 is 0 Å². The van der Waals surface area contributed by atoms with E-state index in [-0.39, 0.29) is 0 Å². The number of hydrogen-bond donors (Lipinski definition) is 1. The monoisotopic (exact) mass is 324 g/mol. The van der Waals surface area contributed by atoms with Gasteiger partial charge in [0.05, 0.1) is 6.20 Å². The molecule has 1 saturated heterocycles. The highest BCUT2D eigenvalue weighted by molar-refractivity contribution is 6.30. The molecule has 0 amide bonds. The van der Waals surface area contributed by atoms with E-state index in [1.165, 1.54) is 51.4 Å². The lowest BCUT2D eigenvalue weighted by molar-refractivity contribution is 0.276. The first-order valence-electron chi connectivity index (χ1n) is 8.80. The Balaban J connectivity index is 1.73. The number of aromatic nitrogens is 1. The van der Waals surface area contributed by atoms with Gasteiger partial charge in [0.2, 0.25) is 0 Å². The summed E-state index contributed by atoms with van der Waals surface area (Å²) in [7, 11) is 0. The SMILES string of the molecule is CCCCCCCCc1cc(OC[C@H]2CCCN2)cnc1Cl. The maximum Gasteiger partial charge on any atom is 0.138 e. The Morgan fingerprint density at radius 1 is 1.27 bits per heavy atom. The lowest BCUT2D eigenvalue weighted by atomic mass is 10.1. The van der Waals surface area contributed by atoms with Crippen molar-refractivity contribution in [1.29, 1.82) is 0 Å². The molecule has 4 heteroatoms. The number of hydrogen-bond acceptors (Lipinski definition) is 3. The van der Waals surface area contributed by atoms with Gasteiger partial charge in [-0.15, -0.1) is 0 Å². The van der Waals surface area contributed by atoms with Crippen molar-refractivity contribution in [3.05, 3.63) is 23.0 Å². The standard InChI is InChI=1S/C18H29ClN2O/c1-2-3-4-5-6-7-9-15-12-17(13-21-18(15)19)22-14-16-10-8-11-20-16/h12-13,16,20H,2-11,14H2,1H3/t16-/m1/s1. The van der Waals surface area contributed by atoms with Gasteiger partial charge in [0.1, 0.15) is 17.5 Å². The normalized spacial score (nSPS) is 17.8. The molecule has 1 N–H and O–H groups in total. The average molecular weight is 325 g/mol. The molecule has 1 aromatic rings. The largest absolute Gasteiger partial charge is 0.490 e. The van der Waals surface area contributed by atoms with Gasteiger partial charge < -0.3 is 10.1 Å². The number of unbranched alkanes of at least 4 members (excludes halogenated alkanes) is 5. The molecule has 2 rings (SSSR count). The first-order chi connectivity index (χ1) is 10.8. The summed E-state index contributed by atoms with van der Waals surface area (Å²) in [4.78, 5) is 4.27. The molecular weight excluding hydrogens is 296 g/mol. The molecule has 1 fully saturated rings. The van der Waals surface area contributed by atoms with Gasteiger partial charge in [-0.25, -0.2) is 4.98 Å². The van der Waals surface area contributed by atoms with Crippen LogP contribution in [0.5, 0.6) is 5.75 Å². The van der Waals surface area contributed by atoms with Crippen molar-refractivity contribution < 1.29 is 4.74 Å². The molecule has 1 atom stereocenters. The van der Waals surface area contributed by atoms with Crippen LogP contribution in [-0.2, 0) is 6.42 Å². The minimum atomic E-state index is 0.484. The van der Waals surface area contributed by atoms with Crippen molar-refractivity contribution in [1.82, 2.24) is 10.3 Å². The molecule has 0 unspecified atom stereocenters.